The van der Waals surface area contributed by atoms with Gasteiger partial charge in [0.05, 0.1) is 11.1 Å². The molecule has 1 aliphatic rings. The van der Waals surface area contributed by atoms with Crippen LogP contribution < -0.4 is 5.73 Å². The van der Waals surface area contributed by atoms with Gasteiger partial charge in [0.15, 0.2) is 0 Å². The highest BCUT2D eigenvalue weighted by molar-refractivity contribution is 7.99. The van der Waals surface area contributed by atoms with Crippen molar-refractivity contribution in [2.75, 3.05) is 0 Å². The Balaban J connectivity index is 2.01. The van der Waals surface area contributed by atoms with Crippen molar-refractivity contribution < 1.29 is 0 Å². The van der Waals surface area contributed by atoms with Crippen molar-refractivity contribution in [3.05, 3.63) is 35.3 Å². The van der Waals surface area contributed by atoms with Crippen LogP contribution >= 0.6 is 11.8 Å². The molecular formula is C14H17N5S. The molecule has 104 valence electrons. The standard InChI is InChI=1S/C14H17N5S/c1-19-8-10(7-17-19)20-14-11(13(15)16)6-9-4-2-3-5-12(9)18-14/h6-8H,2-5H2,1H3,(H3,15,16). The van der Waals surface area contributed by atoms with E-state index in [2.05, 4.69) is 5.10 Å². The van der Waals surface area contributed by atoms with Crippen molar-refractivity contribution in [3.63, 3.8) is 0 Å². The van der Waals surface area contributed by atoms with E-state index >= 15 is 0 Å². The first-order valence-electron chi connectivity index (χ1n) is 6.67. The Morgan fingerprint density at radius 2 is 2.20 bits per heavy atom. The summed E-state index contributed by atoms with van der Waals surface area (Å²) in [7, 11) is 1.89. The van der Waals surface area contributed by atoms with Crippen molar-refractivity contribution >= 4 is 17.6 Å². The lowest BCUT2D eigenvalue weighted by molar-refractivity contribution is 0.660. The molecule has 6 heteroatoms. The first-order valence-corrected chi connectivity index (χ1v) is 7.49. The van der Waals surface area contributed by atoms with Crippen LogP contribution in [0.4, 0.5) is 0 Å². The van der Waals surface area contributed by atoms with Crippen molar-refractivity contribution in [2.45, 2.75) is 35.6 Å². The summed E-state index contributed by atoms with van der Waals surface area (Å²) in [5, 5.41) is 12.7. The van der Waals surface area contributed by atoms with Gasteiger partial charge in [0.2, 0.25) is 0 Å². The number of hydrogen-bond acceptors (Lipinski definition) is 4. The van der Waals surface area contributed by atoms with Gasteiger partial charge in [0.25, 0.3) is 0 Å². The zero-order valence-corrected chi connectivity index (χ0v) is 12.2. The van der Waals surface area contributed by atoms with Crippen LogP contribution in [0.3, 0.4) is 0 Å². The lowest BCUT2D eigenvalue weighted by Gasteiger charge is -2.17. The monoisotopic (exact) mass is 287 g/mol. The number of hydrogen-bond donors (Lipinski definition) is 2. The molecule has 1 aliphatic carbocycles. The third-order valence-corrected chi connectivity index (χ3v) is 4.40. The first-order chi connectivity index (χ1) is 9.63. The predicted molar refractivity (Wildman–Crippen MR) is 79.2 cm³/mol. The van der Waals surface area contributed by atoms with Gasteiger partial charge in [-0.05, 0) is 37.3 Å². The van der Waals surface area contributed by atoms with E-state index in [-0.39, 0.29) is 5.84 Å². The fourth-order valence-electron chi connectivity index (χ4n) is 2.45. The number of nitrogens with two attached hydrogens (primary N) is 1. The Morgan fingerprint density at radius 3 is 2.90 bits per heavy atom. The van der Waals surface area contributed by atoms with Gasteiger partial charge in [-0.25, -0.2) is 4.98 Å². The molecule has 3 rings (SSSR count). The van der Waals surface area contributed by atoms with Gasteiger partial charge >= 0.3 is 0 Å². The maximum atomic E-state index is 7.77. The molecule has 0 aromatic carbocycles. The molecule has 0 aliphatic heterocycles. The quantitative estimate of drug-likeness (QED) is 0.669. The van der Waals surface area contributed by atoms with E-state index in [4.69, 9.17) is 16.1 Å². The van der Waals surface area contributed by atoms with Crippen molar-refractivity contribution in [3.8, 4) is 0 Å². The second-order valence-corrected chi connectivity index (χ2v) is 6.08. The average molecular weight is 287 g/mol. The second kappa shape index (κ2) is 5.28. The number of rotatable bonds is 3. The minimum Gasteiger partial charge on any atom is -0.384 e. The van der Waals surface area contributed by atoms with Gasteiger partial charge in [0.1, 0.15) is 10.9 Å². The van der Waals surface area contributed by atoms with Crippen LogP contribution in [0, 0.1) is 5.41 Å². The molecule has 2 aromatic rings. The third-order valence-electron chi connectivity index (χ3n) is 3.45. The smallest absolute Gasteiger partial charge is 0.125 e. The summed E-state index contributed by atoms with van der Waals surface area (Å²) in [5.41, 5.74) is 8.86. The summed E-state index contributed by atoms with van der Waals surface area (Å²) in [6, 6.07) is 2.04. The molecule has 0 radical (unpaired) electrons. The van der Waals surface area contributed by atoms with E-state index in [1.807, 2.05) is 19.3 Å². The number of nitrogens with one attached hydrogen (secondary N) is 1. The number of aromatic nitrogens is 3. The molecule has 0 fully saturated rings. The van der Waals surface area contributed by atoms with Crippen molar-refractivity contribution in [1.82, 2.24) is 14.8 Å². The highest BCUT2D eigenvalue weighted by Gasteiger charge is 2.17. The van der Waals surface area contributed by atoms with Crippen LogP contribution in [-0.4, -0.2) is 20.6 Å². The number of pyridine rings is 1. The summed E-state index contributed by atoms with van der Waals surface area (Å²) in [6.45, 7) is 0. The first kappa shape index (κ1) is 13.2. The van der Waals surface area contributed by atoms with Crippen molar-refractivity contribution in [2.24, 2.45) is 12.8 Å². The molecule has 2 heterocycles. The molecule has 0 bridgehead atoms. The fourth-order valence-corrected chi connectivity index (χ4v) is 3.41. The zero-order valence-electron chi connectivity index (χ0n) is 11.4. The van der Waals surface area contributed by atoms with Gasteiger partial charge in [-0.3, -0.25) is 10.1 Å². The molecule has 0 saturated carbocycles. The van der Waals surface area contributed by atoms with Crippen LogP contribution in [0.1, 0.15) is 29.7 Å². The summed E-state index contributed by atoms with van der Waals surface area (Å²) in [4.78, 5) is 5.76. The van der Waals surface area contributed by atoms with Crippen LogP contribution in [0.2, 0.25) is 0 Å². The minimum atomic E-state index is 0.0808. The summed E-state index contributed by atoms with van der Waals surface area (Å²) < 4.78 is 1.76. The number of nitrogens with zero attached hydrogens (tertiary/aromatic N) is 3. The Morgan fingerprint density at radius 1 is 1.40 bits per heavy atom. The molecule has 0 amide bonds. The third kappa shape index (κ3) is 2.56. The minimum absolute atomic E-state index is 0.0808. The lowest BCUT2D eigenvalue weighted by Crippen LogP contribution is -2.16. The van der Waals surface area contributed by atoms with E-state index in [1.165, 1.54) is 30.2 Å². The average Bonchev–Trinajstić information content (AvgIpc) is 2.83. The summed E-state index contributed by atoms with van der Waals surface area (Å²) in [6.07, 6.45) is 8.19. The normalized spacial score (nSPS) is 14.1. The fraction of sp³-hybridized carbons (Fsp3) is 0.357. The molecule has 20 heavy (non-hydrogen) atoms. The Bertz CT molecular complexity index is 662. The van der Waals surface area contributed by atoms with Crippen molar-refractivity contribution in [1.29, 1.82) is 5.41 Å². The van der Waals surface area contributed by atoms with E-state index in [0.717, 1.165) is 34.0 Å². The lowest BCUT2D eigenvalue weighted by atomic mass is 9.95. The van der Waals surface area contributed by atoms with Crippen LogP contribution in [0.25, 0.3) is 0 Å². The van der Waals surface area contributed by atoms with E-state index < -0.39 is 0 Å². The maximum absolute atomic E-state index is 7.77. The van der Waals surface area contributed by atoms with Crippen LogP contribution in [0.15, 0.2) is 28.4 Å². The van der Waals surface area contributed by atoms with Gasteiger partial charge < -0.3 is 5.73 Å². The molecule has 0 spiro atoms. The highest BCUT2D eigenvalue weighted by Crippen LogP contribution is 2.31. The van der Waals surface area contributed by atoms with Gasteiger partial charge in [-0.15, -0.1) is 0 Å². The van der Waals surface area contributed by atoms with E-state index in [1.54, 1.807) is 10.9 Å². The predicted octanol–water partition coefficient (Wildman–Crippen LogP) is 2.13. The zero-order chi connectivity index (χ0) is 14.1. The second-order valence-electron chi connectivity index (χ2n) is 5.02. The van der Waals surface area contributed by atoms with Crippen LogP contribution in [0.5, 0.6) is 0 Å². The summed E-state index contributed by atoms with van der Waals surface area (Å²) in [5.74, 6) is 0.0808. The van der Waals surface area contributed by atoms with Gasteiger partial charge in [-0.1, -0.05) is 11.8 Å². The summed E-state index contributed by atoms with van der Waals surface area (Å²) >= 11 is 1.52. The topological polar surface area (TPSA) is 80.6 Å². The molecule has 2 aromatic heterocycles. The molecule has 3 N–H and O–H groups in total. The molecule has 0 saturated heterocycles. The van der Waals surface area contributed by atoms with E-state index in [0.29, 0.717) is 0 Å². The number of nitrogen functional groups attached to an aromatic ring is 1. The van der Waals surface area contributed by atoms with Gasteiger partial charge in [0, 0.05) is 24.5 Å². The number of fused-ring (bicyclic) bond motifs is 1. The van der Waals surface area contributed by atoms with Crippen LogP contribution in [-0.2, 0) is 19.9 Å². The number of amidine groups is 1. The Labute approximate surface area is 122 Å². The Hall–Kier alpha value is -1.82. The van der Waals surface area contributed by atoms with E-state index in [9.17, 15) is 0 Å². The molecular weight excluding hydrogens is 270 g/mol. The number of aryl methyl sites for hydroxylation is 3. The Kier molecular flexibility index (Phi) is 3.48. The molecule has 0 unspecified atom stereocenters. The maximum Gasteiger partial charge on any atom is 0.125 e. The SMILES string of the molecule is Cn1cc(Sc2nc3c(cc2C(=N)N)CCCC3)cn1. The molecule has 0 atom stereocenters. The molecule has 5 nitrogen and oxygen atoms in total. The van der Waals surface area contributed by atoms with Gasteiger partial charge in [-0.2, -0.15) is 5.10 Å². The highest BCUT2D eigenvalue weighted by atomic mass is 32.2. The largest absolute Gasteiger partial charge is 0.384 e.